The van der Waals surface area contributed by atoms with Crippen LogP contribution in [-0.2, 0) is 0 Å². The molecular formula is C16H22N2O4S. The Balaban J connectivity index is 2.42. The number of hydrogen-bond donors (Lipinski definition) is 1. The molecule has 7 heteroatoms. The number of nitrogens with zero attached hydrogens (tertiary/aromatic N) is 2. The zero-order chi connectivity index (χ0) is 17.4. The van der Waals surface area contributed by atoms with Crippen LogP contribution in [0.2, 0.25) is 0 Å². The average Bonchev–Trinajstić information content (AvgIpc) is 2.75. The van der Waals surface area contributed by atoms with Gasteiger partial charge >= 0.3 is 0 Å². The first-order valence-electron chi connectivity index (χ1n) is 7.25. The standard InChI is InChI=1S/C16H22N2O4S/c1-10(15-17(4)16(2,3)9-23-15)6-11-7-12(18(20)21)8-13(22-5)14(11)19/h6-8,15,19H,9H2,1-5H3/b10-6+. The largest absolute Gasteiger partial charge is 0.504 e. The number of thioether (sulfide) groups is 1. The smallest absolute Gasteiger partial charge is 0.274 e. The van der Waals surface area contributed by atoms with Gasteiger partial charge in [-0.1, -0.05) is 0 Å². The zero-order valence-electron chi connectivity index (χ0n) is 14.0. The number of rotatable bonds is 4. The van der Waals surface area contributed by atoms with Crippen LogP contribution in [0.25, 0.3) is 6.08 Å². The summed E-state index contributed by atoms with van der Waals surface area (Å²) in [6.45, 7) is 6.34. The maximum absolute atomic E-state index is 11.0. The van der Waals surface area contributed by atoms with Crippen molar-refractivity contribution in [2.24, 2.45) is 0 Å². The molecule has 1 fully saturated rings. The summed E-state index contributed by atoms with van der Waals surface area (Å²) in [7, 11) is 3.44. The Labute approximate surface area is 140 Å². The van der Waals surface area contributed by atoms with Gasteiger partial charge in [-0.05, 0) is 39.5 Å². The highest BCUT2D eigenvalue weighted by atomic mass is 32.2. The number of benzene rings is 1. The Kier molecular flexibility index (Phi) is 4.91. The monoisotopic (exact) mass is 338 g/mol. The molecular weight excluding hydrogens is 316 g/mol. The lowest BCUT2D eigenvalue weighted by Gasteiger charge is -2.31. The Morgan fingerprint density at radius 1 is 1.57 bits per heavy atom. The first kappa shape index (κ1) is 17.6. The molecule has 1 aromatic rings. The second-order valence-corrected chi connectivity index (χ2v) is 7.39. The summed E-state index contributed by atoms with van der Waals surface area (Å²) in [4.78, 5) is 12.8. The van der Waals surface area contributed by atoms with Crippen LogP contribution in [0, 0.1) is 10.1 Å². The van der Waals surface area contributed by atoms with E-state index in [1.165, 1.54) is 19.2 Å². The Bertz CT molecular complexity index is 658. The van der Waals surface area contributed by atoms with Crippen LogP contribution >= 0.6 is 11.8 Å². The van der Waals surface area contributed by atoms with Gasteiger partial charge in [-0.2, -0.15) is 0 Å². The Morgan fingerprint density at radius 2 is 2.22 bits per heavy atom. The molecule has 1 unspecified atom stereocenters. The second kappa shape index (κ2) is 6.41. The summed E-state index contributed by atoms with van der Waals surface area (Å²) in [5.74, 6) is 1.03. The van der Waals surface area contributed by atoms with Crippen molar-refractivity contribution in [3.05, 3.63) is 33.4 Å². The minimum atomic E-state index is -0.492. The van der Waals surface area contributed by atoms with E-state index in [0.717, 1.165) is 11.3 Å². The van der Waals surface area contributed by atoms with Gasteiger partial charge in [0.15, 0.2) is 11.5 Å². The van der Waals surface area contributed by atoms with Crippen LogP contribution in [0.1, 0.15) is 26.3 Å². The lowest BCUT2D eigenvalue weighted by Crippen LogP contribution is -2.41. The Morgan fingerprint density at radius 3 is 2.70 bits per heavy atom. The number of nitro benzene ring substituents is 1. The first-order chi connectivity index (χ1) is 10.7. The van der Waals surface area contributed by atoms with Gasteiger partial charge in [0.1, 0.15) is 0 Å². The predicted molar refractivity (Wildman–Crippen MR) is 93.1 cm³/mol. The summed E-state index contributed by atoms with van der Waals surface area (Å²) in [5, 5.41) is 21.5. The molecule has 1 aliphatic heterocycles. The lowest BCUT2D eigenvalue weighted by atomic mass is 10.0. The van der Waals surface area contributed by atoms with E-state index in [1.54, 1.807) is 6.08 Å². The number of ether oxygens (including phenoxy) is 1. The molecule has 126 valence electrons. The molecule has 0 aliphatic carbocycles. The molecule has 0 saturated carbocycles. The zero-order valence-corrected chi connectivity index (χ0v) is 14.8. The maximum Gasteiger partial charge on any atom is 0.274 e. The van der Waals surface area contributed by atoms with Gasteiger partial charge in [-0.3, -0.25) is 15.0 Å². The van der Waals surface area contributed by atoms with Crippen molar-refractivity contribution in [2.45, 2.75) is 31.7 Å². The summed E-state index contributed by atoms with van der Waals surface area (Å²) >= 11 is 1.82. The normalized spacial score (nSPS) is 21.4. The third-order valence-electron chi connectivity index (χ3n) is 4.19. The number of aromatic hydroxyl groups is 1. The van der Waals surface area contributed by atoms with Crippen LogP contribution in [0.5, 0.6) is 11.5 Å². The van der Waals surface area contributed by atoms with Gasteiger partial charge in [0, 0.05) is 22.9 Å². The molecule has 0 aromatic heterocycles. The number of phenols is 1. The van der Waals surface area contributed by atoms with E-state index in [-0.39, 0.29) is 28.1 Å². The number of likely N-dealkylation sites (N-methyl/N-ethyl adjacent to an activating group) is 1. The van der Waals surface area contributed by atoms with Crippen molar-refractivity contribution in [2.75, 3.05) is 19.9 Å². The highest BCUT2D eigenvalue weighted by Crippen LogP contribution is 2.41. The molecule has 2 rings (SSSR count). The average molecular weight is 338 g/mol. The van der Waals surface area contributed by atoms with E-state index in [2.05, 4.69) is 25.8 Å². The molecule has 0 radical (unpaired) electrons. The van der Waals surface area contributed by atoms with Crippen LogP contribution in [-0.4, -0.2) is 45.8 Å². The van der Waals surface area contributed by atoms with Gasteiger partial charge in [-0.25, -0.2) is 0 Å². The highest BCUT2D eigenvalue weighted by Gasteiger charge is 2.37. The summed E-state index contributed by atoms with van der Waals surface area (Å²) in [6.07, 6.45) is 1.79. The topological polar surface area (TPSA) is 75.8 Å². The van der Waals surface area contributed by atoms with Crippen LogP contribution in [0.15, 0.2) is 17.7 Å². The van der Waals surface area contributed by atoms with Crippen LogP contribution in [0.4, 0.5) is 5.69 Å². The van der Waals surface area contributed by atoms with Gasteiger partial charge in [0.05, 0.1) is 23.5 Å². The minimum Gasteiger partial charge on any atom is -0.504 e. The summed E-state index contributed by atoms with van der Waals surface area (Å²) < 4.78 is 5.04. The van der Waals surface area contributed by atoms with Crippen molar-refractivity contribution >= 4 is 23.5 Å². The predicted octanol–water partition coefficient (Wildman–Crippen LogP) is 3.50. The quantitative estimate of drug-likeness (QED) is 0.669. The van der Waals surface area contributed by atoms with Crippen molar-refractivity contribution in [3.8, 4) is 11.5 Å². The second-order valence-electron chi connectivity index (χ2n) is 6.32. The van der Waals surface area contributed by atoms with Crippen molar-refractivity contribution in [1.82, 2.24) is 4.90 Å². The van der Waals surface area contributed by atoms with E-state index in [1.807, 2.05) is 18.7 Å². The molecule has 0 amide bonds. The van der Waals surface area contributed by atoms with E-state index < -0.39 is 4.92 Å². The van der Waals surface area contributed by atoms with Crippen molar-refractivity contribution in [3.63, 3.8) is 0 Å². The molecule has 1 aromatic carbocycles. The molecule has 1 saturated heterocycles. The summed E-state index contributed by atoms with van der Waals surface area (Å²) in [5.41, 5.74) is 1.41. The maximum atomic E-state index is 11.0. The van der Waals surface area contributed by atoms with Gasteiger partial charge in [0.2, 0.25) is 0 Å². The highest BCUT2D eigenvalue weighted by molar-refractivity contribution is 8.00. The third-order valence-corrected chi connectivity index (χ3v) is 6.07. The number of nitro groups is 1. The van der Waals surface area contributed by atoms with E-state index in [4.69, 9.17) is 4.74 Å². The lowest BCUT2D eigenvalue weighted by molar-refractivity contribution is -0.385. The molecule has 0 spiro atoms. The molecule has 1 heterocycles. The third kappa shape index (κ3) is 3.45. The van der Waals surface area contributed by atoms with Crippen LogP contribution in [0.3, 0.4) is 0 Å². The van der Waals surface area contributed by atoms with Crippen molar-refractivity contribution < 1.29 is 14.8 Å². The molecule has 1 atom stereocenters. The molecule has 23 heavy (non-hydrogen) atoms. The molecule has 1 aliphatic rings. The van der Waals surface area contributed by atoms with Gasteiger partial charge < -0.3 is 9.84 Å². The van der Waals surface area contributed by atoms with E-state index in [9.17, 15) is 15.2 Å². The fourth-order valence-corrected chi connectivity index (χ4v) is 4.16. The van der Waals surface area contributed by atoms with Gasteiger partial charge in [0.25, 0.3) is 5.69 Å². The number of methoxy groups -OCH3 is 1. The molecule has 6 nitrogen and oxygen atoms in total. The SMILES string of the molecule is COc1cc([N+](=O)[O-])cc(/C=C(\C)C2SCC(C)(C)N2C)c1O. The fraction of sp³-hybridized carbons (Fsp3) is 0.500. The Hall–Kier alpha value is -1.73. The van der Waals surface area contributed by atoms with Crippen LogP contribution < -0.4 is 4.74 Å². The fourth-order valence-electron chi connectivity index (χ4n) is 2.55. The first-order valence-corrected chi connectivity index (χ1v) is 8.30. The number of non-ortho nitro benzene ring substituents is 1. The molecule has 1 N–H and O–H groups in total. The summed E-state index contributed by atoms with van der Waals surface area (Å²) in [6, 6.07) is 2.59. The number of phenolic OH excluding ortho intramolecular Hbond substituents is 1. The van der Waals surface area contributed by atoms with E-state index in [0.29, 0.717) is 5.56 Å². The van der Waals surface area contributed by atoms with Gasteiger partial charge in [-0.15, -0.1) is 11.8 Å². The molecule has 0 bridgehead atoms. The number of hydrogen-bond acceptors (Lipinski definition) is 6. The van der Waals surface area contributed by atoms with E-state index >= 15 is 0 Å². The minimum absolute atomic E-state index is 0.0811. The van der Waals surface area contributed by atoms with Crippen molar-refractivity contribution in [1.29, 1.82) is 0 Å².